The van der Waals surface area contributed by atoms with Crippen LogP contribution in [0.15, 0.2) is 35.3 Å². The number of aliphatic imine (C=N–C) groups is 1. The molecule has 2 rings (SSSR count). The van der Waals surface area contributed by atoms with E-state index in [0.717, 1.165) is 25.3 Å². The van der Waals surface area contributed by atoms with E-state index in [-0.39, 0.29) is 24.0 Å². The summed E-state index contributed by atoms with van der Waals surface area (Å²) in [6.07, 6.45) is 6.60. The molecular weight excluding hydrogens is 387 g/mol. The van der Waals surface area contributed by atoms with E-state index in [1.807, 2.05) is 7.05 Å². The van der Waals surface area contributed by atoms with Gasteiger partial charge in [0, 0.05) is 39.4 Å². The van der Waals surface area contributed by atoms with Gasteiger partial charge in [0.1, 0.15) is 0 Å². The van der Waals surface area contributed by atoms with Gasteiger partial charge >= 0.3 is 0 Å². The Morgan fingerprint density at radius 3 is 2.50 bits per heavy atom. The first-order valence-corrected chi connectivity index (χ1v) is 7.49. The van der Waals surface area contributed by atoms with Crippen molar-refractivity contribution in [3.05, 3.63) is 41.5 Å². The van der Waals surface area contributed by atoms with Gasteiger partial charge in [0.05, 0.1) is 0 Å². The van der Waals surface area contributed by atoms with Gasteiger partial charge in [-0.15, -0.1) is 24.0 Å². The summed E-state index contributed by atoms with van der Waals surface area (Å²) in [6, 6.07) is 7.03. The number of halogens is 1. The Hall–Kier alpha value is -1.24. The summed E-state index contributed by atoms with van der Waals surface area (Å²) in [4.78, 5) is 6.42. The van der Waals surface area contributed by atoms with Crippen LogP contribution >= 0.6 is 24.0 Å². The molecule has 122 valence electrons. The molecule has 5 heteroatoms. The highest BCUT2D eigenvalue weighted by atomic mass is 127. The highest BCUT2D eigenvalue weighted by molar-refractivity contribution is 14.0. The first-order valence-electron chi connectivity index (χ1n) is 7.49. The summed E-state index contributed by atoms with van der Waals surface area (Å²) in [5.74, 6) is 0.875. The van der Waals surface area contributed by atoms with Gasteiger partial charge in [0.15, 0.2) is 5.96 Å². The number of nitrogens with one attached hydrogen (secondary N) is 2. The summed E-state index contributed by atoms with van der Waals surface area (Å²) >= 11 is 0. The quantitative estimate of drug-likeness (QED) is 0.344. The molecule has 0 saturated carbocycles. The minimum absolute atomic E-state index is 0. The first-order chi connectivity index (χ1) is 10.1. The van der Waals surface area contributed by atoms with Gasteiger partial charge < -0.3 is 15.5 Å². The predicted molar refractivity (Wildman–Crippen MR) is 106 cm³/mol. The third-order valence-corrected chi connectivity index (χ3v) is 3.86. The maximum atomic E-state index is 4.30. The van der Waals surface area contributed by atoms with Crippen LogP contribution in [0.2, 0.25) is 0 Å². The largest absolute Gasteiger partial charge is 0.378 e. The van der Waals surface area contributed by atoms with E-state index in [0.29, 0.717) is 6.04 Å². The summed E-state index contributed by atoms with van der Waals surface area (Å²) in [7, 11) is 5.95. The van der Waals surface area contributed by atoms with Crippen LogP contribution in [0.25, 0.3) is 0 Å². The number of anilines is 1. The van der Waals surface area contributed by atoms with E-state index < -0.39 is 0 Å². The molecular formula is C17H27IN4. The van der Waals surface area contributed by atoms with E-state index in [2.05, 4.69) is 71.9 Å². The molecule has 4 nitrogen and oxygen atoms in total. The van der Waals surface area contributed by atoms with E-state index in [9.17, 15) is 0 Å². The molecule has 0 radical (unpaired) electrons. The molecule has 22 heavy (non-hydrogen) atoms. The first kappa shape index (κ1) is 18.8. The van der Waals surface area contributed by atoms with Crippen molar-refractivity contribution in [1.82, 2.24) is 10.6 Å². The Balaban J connectivity index is 0.00000242. The van der Waals surface area contributed by atoms with Crippen LogP contribution in [-0.2, 0) is 6.54 Å². The van der Waals surface area contributed by atoms with Gasteiger partial charge in [-0.2, -0.15) is 0 Å². The molecule has 0 heterocycles. The lowest BCUT2D eigenvalue weighted by atomic mass is 10.1. The van der Waals surface area contributed by atoms with E-state index in [1.165, 1.54) is 16.8 Å². The van der Waals surface area contributed by atoms with Crippen LogP contribution in [0, 0.1) is 6.92 Å². The van der Waals surface area contributed by atoms with E-state index in [1.54, 1.807) is 0 Å². The molecule has 1 aliphatic rings. The third kappa shape index (κ3) is 5.19. The fraction of sp³-hybridized carbons (Fsp3) is 0.471. The SMILES string of the molecule is CN=C(NCc1ccc(N(C)C)cc1C)NC1CC=CC1.I. The lowest BCUT2D eigenvalue weighted by Gasteiger charge is -2.18. The zero-order valence-corrected chi connectivity index (χ0v) is 16.2. The highest BCUT2D eigenvalue weighted by Gasteiger charge is 2.11. The molecule has 1 aliphatic carbocycles. The standard InChI is InChI=1S/C17H26N4.HI/c1-13-11-16(21(3)4)10-9-14(13)12-19-17(18-2)20-15-7-5-6-8-15;/h5-6,9-11,15H,7-8,12H2,1-4H3,(H2,18,19,20);1H. The molecule has 0 spiro atoms. The number of benzene rings is 1. The smallest absolute Gasteiger partial charge is 0.191 e. The lowest BCUT2D eigenvalue weighted by molar-refractivity contribution is 0.633. The Bertz CT molecular complexity index is 529. The Labute approximate surface area is 151 Å². The van der Waals surface area contributed by atoms with Crippen LogP contribution in [0.3, 0.4) is 0 Å². The van der Waals surface area contributed by atoms with Crippen LogP contribution in [-0.4, -0.2) is 33.1 Å². The summed E-state index contributed by atoms with van der Waals surface area (Å²) < 4.78 is 0. The average Bonchev–Trinajstić information content (AvgIpc) is 2.97. The van der Waals surface area contributed by atoms with E-state index >= 15 is 0 Å². The fourth-order valence-electron chi connectivity index (χ4n) is 2.46. The fourth-order valence-corrected chi connectivity index (χ4v) is 2.46. The van der Waals surface area contributed by atoms with Crippen molar-refractivity contribution in [3.8, 4) is 0 Å². The van der Waals surface area contributed by atoms with Crippen LogP contribution in [0.4, 0.5) is 5.69 Å². The molecule has 0 aliphatic heterocycles. The van der Waals surface area contributed by atoms with Crippen molar-refractivity contribution in [2.45, 2.75) is 32.4 Å². The minimum Gasteiger partial charge on any atom is -0.378 e. The Morgan fingerprint density at radius 1 is 1.27 bits per heavy atom. The Kier molecular flexibility index (Phi) is 7.72. The second kappa shape index (κ2) is 9.02. The number of rotatable bonds is 4. The van der Waals surface area contributed by atoms with Gasteiger partial charge in [0.2, 0.25) is 0 Å². The molecule has 0 bridgehead atoms. The van der Waals surface area contributed by atoms with E-state index in [4.69, 9.17) is 0 Å². The van der Waals surface area contributed by atoms with Crippen molar-refractivity contribution in [2.75, 3.05) is 26.0 Å². The second-order valence-corrected chi connectivity index (χ2v) is 5.72. The van der Waals surface area contributed by atoms with Crippen molar-refractivity contribution in [2.24, 2.45) is 4.99 Å². The predicted octanol–water partition coefficient (Wildman–Crippen LogP) is 3.06. The van der Waals surface area contributed by atoms with Crippen molar-refractivity contribution >= 4 is 35.6 Å². The van der Waals surface area contributed by atoms with Gasteiger partial charge in [0.25, 0.3) is 0 Å². The number of hydrogen-bond acceptors (Lipinski definition) is 2. The number of nitrogens with zero attached hydrogens (tertiary/aromatic N) is 2. The van der Waals surface area contributed by atoms with Gasteiger partial charge in [-0.05, 0) is 43.0 Å². The monoisotopic (exact) mass is 414 g/mol. The number of guanidine groups is 1. The van der Waals surface area contributed by atoms with Gasteiger partial charge in [-0.1, -0.05) is 18.2 Å². The summed E-state index contributed by atoms with van der Waals surface area (Å²) in [5.41, 5.74) is 3.83. The zero-order chi connectivity index (χ0) is 15.2. The second-order valence-electron chi connectivity index (χ2n) is 5.72. The zero-order valence-electron chi connectivity index (χ0n) is 13.9. The van der Waals surface area contributed by atoms with Gasteiger partial charge in [-0.3, -0.25) is 4.99 Å². The maximum absolute atomic E-state index is 4.30. The molecule has 0 aromatic heterocycles. The molecule has 1 aromatic carbocycles. The number of hydrogen-bond donors (Lipinski definition) is 2. The maximum Gasteiger partial charge on any atom is 0.191 e. The van der Waals surface area contributed by atoms with Crippen molar-refractivity contribution in [1.29, 1.82) is 0 Å². The van der Waals surface area contributed by atoms with Crippen molar-refractivity contribution < 1.29 is 0 Å². The lowest BCUT2D eigenvalue weighted by Crippen LogP contribution is -2.42. The summed E-state index contributed by atoms with van der Waals surface area (Å²) in [6.45, 7) is 2.94. The molecule has 0 saturated heterocycles. The van der Waals surface area contributed by atoms with Crippen LogP contribution < -0.4 is 15.5 Å². The molecule has 0 fully saturated rings. The highest BCUT2D eigenvalue weighted by Crippen LogP contribution is 2.17. The topological polar surface area (TPSA) is 39.7 Å². The third-order valence-electron chi connectivity index (χ3n) is 3.86. The Morgan fingerprint density at radius 2 is 1.95 bits per heavy atom. The molecule has 2 N–H and O–H groups in total. The normalized spacial score (nSPS) is 14.6. The molecule has 1 aromatic rings. The van der Waals surface area contributed by atoms with Crippen LogP contribution in [0.5, 0.6) is 0 Å². The number of aryl methyl sites for hydroxylation is 1. The average molecular weight is 414 g/mol. The molecule has 0 atom stereocenters. The summed E-state index contributed by atoms with van der Waals surface area (Å²) in [5, 5.41) is 6.85. The molecule has 0 unspecified atom stereocenters. The minimum atomic E-state index is 0. The van der Waals surface area contributed by atoms with Crippen LogP contribution in [0.1, 0.15) is 24.0 Å². The molecule has 0 amide bonds. The van der Waals surface area contributed by atoms with Gasteiger partial charge in [-0.25, -0.2) is 0 Å². The van der Waals surface area contributed by atoms with Crippen molar-refractivity contribution in [3.63, 3.8) is 0 Å².